The third-order valence-corrected chi connectivity index (χ3v) is 7.01. The number of ether oxygens (including phenoxy) is 2. The Morgan fingerprint density at radius 2 is 1.48 bits per heavy atom. The van der Waals surface area contributed by atoms with E-state index in [1.165, 1.54) is 35.0 Å². The van der Waals surface area contributed by atoms with Crippen LogP contribution in [0, 0.1) is 0 Å². The maximum Gasteiger partial charge on any atom is 0.357 e. The maximum absolute atomic E-state index is 13.5. The van der Waals surface area contributed by atoms with Crippen molar-refractivity contribution in [3.63, 3.8) is 0 Å². The zero-order chi connectivity index (χ0) is 30.3. The van der Waals surface area contributed by atoms with Crippen molar-refractivity contribution in [3.8, 4) is 28.4 Å². The van der Waals surface area contributed by atoms with Gasteiger partial charge in [-0.3, -0.25) is 9.59 Å². The van der Waals surface area contributed by atoms with Crippen LogP contribution in [-0.4, -0.2) is 56.7 Å². The highest BCUT2D eigenvalue weighted by Gasteiger charge is 2.37. The molecule has 214 valence electrons. The van der Waals surface area contributed by atoms with Gasteiger partial charge in [0.25, 0.3) is 0 Å². The Kier molecular flexibility index (Phi) is 7.38. The molecule has 0 unspecified atom stereocenters. The van der Waals surface area contributed by atoms with E-state index >= 15 is 0 Å². The summed E-state index contributed by atoms with van der Waals surface area (Å²) < 4.78 is 11.8. The van der Waals surface area contributed by atoms with Gasteiger partial charge in [-0.05, 0) is 55.7 Å². The van der Waals surface area contributed by atoms with Gasteiger partial charge in [0.05, 0.1) is 30.0 Å². The summed E-state index contributed by atoms with van der Waals surface area (Å²) in [4.78, 5) is 53.4. The van der Waals surface area contributed by atoms with Gasteiger partial charge < -0.3 is 19.7 Å². The fourth-order valence-electron chi connectivity index (χ4n) is 5.01. The minimum absolute atomic E-state index is 0.00247. The van der Waals surface area contributed by atoms with Gasteiger partial charge in [-0.1, -0.05) is 38.1 Å². The average Bonchev–Trinajstić information content (AvgIpc) is 3.37. The molecule has 5 rings (SSSR count). The number of aromatic nitrogens is 2. The van der Waals surface area contributed by atoms with E-state index in [0.29, 0.717) is 5.69 Å². The number of fused-ring (bicyclic) bond motifs is 2. The molecule has 0 spiro atoms. The number of esters is 2. The van der Waals surface area contributed by atoms with Crippen LogP contribution in [0.25, 0.3) is 16.9 Å². The Labute approximate surface area is 241 Å². The molecule has 0 fully saturated rings. The van der Waals surface area contributed by atoms with Crippen molar-refractivity contribution in [1.29, 1.82) is 0 Å². The number of phenolic OH excluding ortho intramolecular Hbond substituents is 2. The standard InChI is InChI=1S/C32H28N2O8/c1-5-41-31(39)26-27(33-34(28(26)32(40)42-6-2)19-12-10-17(11-13-19)16(3)4)18-14-21-25(23(36)15-18)30(38)24-20(29(21)37)8-7-9-22(24)35/h7-16,35-36H,5-6H2,1-4H3. The smallest absolute Gasteiger partial charge is 0.357 e. The lowest BCUT2D eigenvalue weighted by Crippen LogP contribution is -2.21. The van der Waals surface area contributed by atoms with Crippen LogP contribution >= 0.6 is 0 Å². The van der Waals surface area contributed by atoms with Crippen LogP contribution in [0.15, 0.2) is 54.6 Å². The zero-order valence-electron chi connectivity index (χ0n) is 23.4. The van der Waals surface area contributed by atoms with E-state index in [0.717, 1.165) is 5.56 Å². The molecule has 0 radical (unpaired) electrons. The maximum atomic E-state index is 13.5. The fraction of sp³-hybridized carbons (Fsp3) is 0.219. The monoisotopic (exact) mass is 568 g/mol. The number of benzene rings is 3. The Morgan fingerprint density at radius 1 is 0.833 bits per heavy atom. The number of rotatable bonds is 7. The second-order valence-corrected chi connectivity index (χ2v) is 9.95. The lowest BCUT2D eigenvalue weighted by molar-refractivity contribution is 0.0473. The van der Waals surface area contributed by atoms with E-state index in [1.54, 1.807) is 26.0 Å². The molecule has 0 amide bonds. The Bertz CT molecular complexity index is 1770. The molecule has 0 atom stereocenters. The van der Waals surface area contributed by atoms with Gasteiger partial charge in [-0.2, -0.15) is 5.10 Å². The lowest BCUT2D eigenvalue weighted by atomic mass is 9.82. The van der Waals surface area contributed by atoms with E-state index in [-0.39, 0.29) is 69.6 Å². The third kappa shape index (κ3) is 4.60. The van der Waals surface area contributed by atoms with E-state index in [1.807, 2.05) is 26.0 Å². The first-order valence-electron chi connectivity index (χ1n) is 13.4. The number of nitrogens with zero attached hydrogens (tertiary/aromatic N) is 2. The SMILES string of the molecule is CCOC(=O)c1c(-c2cc(O)c3c(c2)C(=O)c2cccc(O)c2C3=O)nn(-c2ccc(C(C)C)cc2)c1C(=O)OCC. The Hall–Kier alpha value is -5.25. The summed E-state index contributed by atoms with van der Waals surface area (Å²) in [6, 6.07) is 13.9. The van der Waals surface area contributed by atoms with Gasteiger partial charge in [-0.25, -0.2) is 14.3 Å². The van der Waals surface area contributed by atoms with Crippen LogP contribution in [0.2, 0.25) is 0 Å². The molecular formula is C32H28N2O8. The van der Waals surface area contributed by atoms with Crippen molar-refractivity contribution in [2.45, 2.75) is 33.6 Å². The number of aromatic hydroxyl groups is 2. The van der Waals surface area contributed by atoms with Crippen molar-refractivity contribution >= 4 is 23.5 Å². The van der Waals surface area contributed by atoms with Gasteiger partial charge in [0.15, 0.2) is 11.5 Å². The first kappa shape index (κ1) is 28.3. The van der Waals surface area contributed by atoms with Gasteiger partial charge in [0, 0.05) is 16.7 Å². The molecule has 0 bridgehead atoms. The summed E-state index contributed by atoms with van der Waals surface area (Å²) in [6.45, 7) is 7.34. The highest BCUT2D eigenvalue weighted by Crippen LogP contribution is 2.40. The van der Waals surface area contributed by atoms with Crippen LogP contribution in [0.5, 0.6) is 11.5 Å². The highest BCUT2D eigenvalue weighted by atomic mass is 16.5. The predicted octanol–water partition coefficient (Wildman–Crippen LogP) is 5.20. The Morgan fingerprint density at radius 3 is 2.12 bits per heavy atom. The van der Waals surface area contributed by atoms with E-state index in [4.69, 9.17) is 9.47 Å². The largest absolute Gasteiger partial charge is 0.507 e. The molecule has 1 heterocycles. The first-order valence-corrected chi connectivity index (χ1v) is 13.4. The summed E-state index contributed by atoms with van der Waals surface area (Å²) in [6.07, 6.45) is 0. The van der Waals surface area contributed by atoms with Crippen molar-refractivity contribution in [1.82, 2.24) is 9.78 Å². The molecule has 3 aromatic carbocycles. The van der Waals surface area contributed by atoms with Crippen molar-refractivity contribution in [2.75, 3.05) is 13.2 Å². The molecule has 10 heteroatoms. The third-order valence-electron chi connectivity index (χ3n) is 7.01. The van der Waals surface area contributed by atoms with Gasteiger partial charge >= 0.3 is 11.9 Å². The summed E-state index contributed by atoms with van der Waals surface area (Å²) in [5, 5.41) is 25.9. The summed E-state index contributed by atoms with van der Waals surface area (Å²) in [5.41, 5.74) is 0.433. The number of hydrogen-bond donors (Lipinski definition) is 2. The fourth-order valence-corrected chi connectivity index (χ4v) is 5.01. The van der Waals surface area contributed by atoms with Crippen molar-refractivity contribution in [2.24, 2.45) is 0 Å². The molecule has 1 aromatic heterocycles. The Balaban J connectivity index is 1.78. The summed E-state index contributed by atoms with van der Waals surface area (Å²) in [7, 11) is 0. The van der Waals surface area contributed by atoms with E-state index < -0.39 is 29.3 Å². The van der Waals surface area contributed by atoms with Crippen LogP contribution in [0.4, 0.5) is 0 Å². The molecule has 0 saturated carbocycles. The van der Waals surface area contributed by atoms with Gasteiger partial charge in [-0.15, -0.1) is 0 Å². The van der Waals surface area contributed by atoms with Crippen molar-refractivity contribution in [3.05, 3.63) is 93.7 Å². The van der Waals surface area contributed by atoms with E-state index in [2.05, 4.69) is 5.10 Å². The number of phenols is 2. The van der Waals surface area contributed by atoms with Crippen LogP contribution in [0.3, 0.4) is 0 Å². The number of carbonyl (C=O) groups excluding carboxylic acids is 4. The highest BCUT2D eigenvalue weighted by molar-refractivity contribution is 6.30. The minimum atomic E-state index is -0.865. The molecule has 0 saturated heterocycles. The topological polar surface area (TPSA) is 145 Å². The summed E-state index contributed by atoms with van der Waals surface area (Å²) in [5.74, 6) is -3.72. The van der Waals surface area contributed by atoms with Crippen LogP contribution in [0.1, 0.15) is 91.9 Å². The normalized spacial score (nSPS) is 12.2. The quantitative estimate of drug-likeness (QED) is 0.253. The summed E-state index contributed by atoms with van der Waals surface area (Å²) >= 11 is 0. The molecule has 2 N–H and O–H groups in total. The molecule has 42 heavy (non-hydrogen) atoms. The molecule has 4 aromatic rings. The zero-order valence-corrected chi connectivity index (χ0v) is 23.4. The predicted molar refractivity (Wildman–Crippen MR) is 152 cm³/mol. The van der Waals surface area contributed by atoms with Gasteiger partial charge in [0.1, 0.15) is 22.8 Å². The molecule has 1 aliphatic carbocycles. The molecular weight excluding hydrogens is 540 g/mol. The second kappa shape index (κ2) is 11.0. The van der Waals surface area contributed by atoms with Crippen LogP contribution < -0.4 is 0 Å². The molecule has 0 aliphatic heterocycles. The van der Waals surface area contributed by atoms with Gasteiger partial charge in [0.2, 0.25) is 5.78 Å². The second-order valence-electron chi connectivity index (χ2n) is 9.95. The molecule has 10 nitrogen and oxygen atoms in total. The average molecular weight is 569 g/mol. The molecule has 1 aliphatic rings. The van der Waals surface area contributed by atoms with E-state index in [9.17, 15) is 29.4 Å². The number of ketones is 2. The number of carbonyl (C=O) groups is 4. The first-order chi connectivity index (χ1) is 20.1. The number of hydrogen-bond acceptors (Lipinski definition) is 9. The minimum Gasteiger partial charge on any atom is -0.507 e. The van der Waals surface area contributed by atoms with Crippen LogP contribution in [-0.2, 0) is 9.47 Å². The van der Waals surface area contributed by atoms with Crippen molar-refractivity contribution < 1.29 is 38.9 Å². The lowest BCUT2D eigenvalue weighted by Gasteiger charge is -2.20.